The molecule has 6 N–H and O–H groups in total. The molecule has 2 aliphatic carbocycles. The predicted molar refractivity (Wildman–Crippen MR) is 193 cm³/mol. The lowest BCUT2D eigenvalue weighted by Gasteiger charge is -2.35. The van der Waals surface area contributed by atoms with Crippen molar-refractivity contribution in [1.29, 1.82) is 0 Å². The number of nitrogens with two attached hydrogens (primary N) is 2. The van der Waals surface area contributed by atoms with Crippen LogP contribution in [0.4, 0.5) is 5.95 Å². The zero-order valence-electron chi connectivity index (χ0n) is 30.3. The maximum absolute atomic E-state index is 14.9. The number of hydrogen-bond acceptors (Lipinski definition) is 16. The van der Waals surface area contributed by atoms with Crippen LogP contribution in [0.25, 0.3) is 11.2 Å². The van der Waals surface area contributed by atoms with E-state index in [1.54, 1.807) is 5.06 Å². The number of aliphatic hydroxyl groups excluding tert-OH is 1. The molecule has 3 aliphatic rings. The van der Waals surface area contributed by atoms with Gasteiger partial charge in [0.2, 0.25) is 19.2 Å². The SMILES string of the molecule is COc1nc(N)nc2c1ncn2[C@@H]1O[C@H](COP(=O)([C@@H](C)C(=O)ON)[C@@H](C)C(=O)ON(C2Cc3ccccc3C2)C2Cc3ccccc3C2)[C@@H](O)[C@@]1(C)O. The molecule has 54 heavy (non-hydrogen) atoms. The van der Waals surface area contributed by atoms with Crippen molar-refractivity contribution in [2.24, 2.45) is 5.90 Å². The summed E-state index contributed by atoms with van der Waals surface area (Å²) < 4.78 is 33.6. The van der Waals surface area contributed by atoms with E-state index in [1.165, 1.54) is 38.8 Å². The van der Waals surface area contributed by atoms with Crippen LogP contribution in [0, 0.1) is 0 Å². The molecule has 288 valence electrons. The topological polar surface area (TPSA) is 237 Å². The molecule has 7 rings (SSSR count). The van der Waals surface area contributed by atoms with Crippen LogP contribution in [0.2, 0.25) is 0 Å². The number of nitrogens with zero attached hydrogens (tertiary/aromatic N) is 5. The highest BCUT2D eigenvalue weighted by Gasteiger charge is 2.55. The van der Waals surface area contributed by atoms with Crippen LogP contribution >= 0.6 is 7.37 Å². The third-order valence-electron chi connectivity index (χ3n) is 10.9. The molecule has 0 amide bonds. The van der Waals surface area contributed by atoms with Crippen molar-refractivity contribution < 1.29 is 48.0 Å². The molecule has 0 spiro atoms. The van der Waals surface area contributed by atoms with E-state index >= 15 is 0 Å². The van der Waals surface area contributed by atoms with Crippen LogP contribution < -0.4 is 16.4 Å². The van der Waals surface area contributed by atoms with E-state index in [1.807, 2.05) is 24.3 Å². The van der Waals surface area contributed by atoms with Crippen molar-refractivity contribution >= 4 is 36.4 Å². The predicted octanol–water partition coefficient (Wildman–Crippen LogP) is 2.01. The standard InChI is InChI=1S/C36H44N7O10P/c1-19(32(45)52-38)54(48,50-17-27-29(44)36(3,47)34(51-27)42-18-39-28-30(42)40-35(37)41-31(28)49-4)20(2)33(46)53-43(25-13-21-9-5-6-10-22(21)14-25)26-15-23-11-7-8-12-24(23)16-26/h5-12,18-20,25-27,29,34,44,47H,13-17,38H2,1-4H3,(H2,37,40,41)/t19-,20-,27+,29+,34+,36+,54?/m0/s1. The summed E-state index contributed by atoms with van der Waals surface area (Å²) in [5.74, 6) is 3.21. The number of imidazole rings is 1. The molecule has 2 aromatic heterocycles. The number of hydroxylamine groups is 2. The van der Waals surface area contributed by atoms with Crippen LogP contribution in [0.15, 0.2) is 54.9 Å². The van der Waals surface area contributed by atoms with Crippen LogP contribution in [-0.2, 0) is 58.8 Å². The molecule has 0 radical (unpaired) electrons. The van der Waals surface area contributed by atoms with Gasteiger partial charge in [0, 0.05) is 0 Å². The summed E-state index contributed by atoms with van der Waals surface area (Å²) in [4.78, 5) is 50.2. The van der Waals surface area contributed by atoms with Crippen LogP contribution in [0.3, 0.4) is 0 Å². The highest BCUT2D eigenvalue weighted by atomic mass is 31.2. The van der Waals surface area contributed by atoms with Crippen molar-refractivity contribution in [3.05, 3.63) is 77.1 Å². The number of anilines is 1. The van der Waals surface area contributed by atoms with Crippen molar-refractivity contribution in [2.75, 3.05) is 19.5 Å². The number of fused-ring (bicyclic) bond motifs is 3. The van der Waals surface area contributed by atoms with Gasteiger partial charge < -0.3 is 39.6 Å². The largest absolute Gasteiger partial charge is 0.479 e. The van der Waals surface area contributed by atoms with Gasteiger partial charge in [-0.3, -0.25) is 9.13 Å². The maximum Gasteiger partial charge on any atom is 0.337 e. The number of benzene rings is 2. The Balaban J connectivity index is 1.13. The molecule has 4 aromatic rings. The van der Waals surface area contributed by atoms with Crippen molar-refractivity contribution in [1.82, 2.24) is 24.6 Å². The monoisotopic (exact) mass is 765 g/mol. The number of carbonyl (C=O) groups is 2. The quantitative estimate of drug-likeness (QED) is 0.119. The number of carbonyl (C=O) groups excluding carboxylic acids is 2. The summed E-state index contributed by atoms with van der Waals surface area (Å²) >= 11 is 0. The molecule has 1 fully saturated rings. The smallest absolute Gasteiger partial charge is 0.337 e. The van der Waals surface area contributed by atoms with E-state index in [9.17, 15) is 24.4 Å². The highest BCUT2D eigenvalue weighted by molar-refractivity contribution is 7.62. The van der Waals surface area contributed by atoms with Gasteiger partial charge in [0.05, 0.1) is 32.1 Å². The third kappa shape index (κ3) is 6.63. The number of aromatic nitrogens is 4. The first-order valence-electron chi connectivity index (χ1n) is 17.6. The van der Waals surface area contributed by atoms with Gasteiger partial charge in [-0.25, -0.2) is 14.6 Å². The molecule has 18 heteroatoms. The second kappa shape index (κ2) is 14.6. The molecule has 1 unspecified atom stereocenters. The summed E-state index contributed by atoms with van der Waals surface area (Å²) in [5.41, 5.74) is 5.88. The molecule has 1 aliphatic heterocycles. The first-order valence-corrected chi connectivity index (χ1v) is 19.4. The Morgan fingerprint density at radius 2 is 1.54 bits per heavy atom. The second-order valence-electron chi connectivity index (χ2n) is 14.3. The number of aliphatic hydroxyl groups is 2. The van der Waals surface area contributed by atoms with Gasteiger partial charge in [0.15, 0.2) is 17.4 Å². The Hall–Kier alpha value is -4.48. The fourth-order valence-electron chi connectivity index (χ4n) is 7.80. The summed E-state index contributed by atoms with van der Waals surface area (Å²) in [6.07, 6.45) is -0.332. The third-order valence-corrected chi connectivity index (χ3v) is 14.0. The van der Waals surface area contributed by atoms with E-state index in [2.05, 4.69) is 44.1 Å². The molecule has 3 heterocycles. The van der Waals surface area contributed by atoms with Crippen molar-refractivity contribution in [3.63, 3.8) is 0 Å². The minimum absolute atomic E-state index is 0.0883. The van der Waals surface area contributed by atoms with Crippen LogP contribution in [0.1, 0.15) is 49.3 Å². The molecule has 0 bridgehead atoms. The summed E-state index contributed by atoms with van der Waals surface area (Å²) in [6, 6.07) is 15.7. The van der Waals surface area contributed by atoms with E-state index in [0.29, 0.717) is 25.7 Å². The number of rotatable bonds is 12. The van der Waals surface area contributed by atoms with Crippen LogP contribution in [-0.4, -0.2) is 102 Å². The Morgan fingerprint density at radius 3 is 2.06 bits per heavy atom. The lowest BCUT2D eigenvalue weighted by Crippen LogP contribution is -2.47. The number of hydrogen-bond donors (Lipinski definition) is 4. The van der Waals surface area contributed by atoms with Gasteiger partial charge in [0.25, 0.3) is 0 Å². The van der Waals surface area contributed by atoms with Gasteiger partial charge in [-0.05, 0) is 68.7 Å². The Bertz CT molecular complexity index is 2010. The lowest BCUT2D eigenvalue weighted by atomic mass is 9.96. The van der Waals surface area contributed by atoms with Crippen molar-refractivity contribution in [3.8, 4) is 5.88 Å². The fourth-order valence-corrected chi connectivity index (χ4v) is 9.99. The maximum atomic E-state index is 14.9. The Morgan fingerprint density at radius 1 is 1.00 bits per heavy atom. The molecule has 2 aromatic carbocycles. The first-order chi connectivity index (χ1) is 25.8. The summed E-state index contributed by atoms with van der Waals surface area (Å²) in [5, 5.41) is 24.5. The van der Waals surface area contributed by atoms with Gasteiger partial charge in [-0.1, -0.05) is 48.5 Å². The van der Waals surface area contributed by atoms with Gasteiger partial charge in [-0.2, -0.15) is 15.9 Å². The fraction of sp³-hybridized carbons (Fsp3) is 0.472. The molecule has 17 nitrogen and oxygen atoms in total. The average Bonchev–Trinajstić information content (AvgIpc) is 3.95. The summed E-state index contributed by atoms with van der Waals surface area (Å²) in [7, 11) is -3.04. The molecular weight excluding hydrogens is 721 g/mol. The van der Waals surface area contributed by atoms with Gasteiger partial charge >= 0.3 is 11.9 Å². The minimum Gasteiger partial charge on any atom is -0.479 e. The zero-order valence-corrected chi connectivity index (χ0v) is 31.2. The second-order valence-corrected chi connectivity index (χ2v) is 17.4. The van der Waals surface area contributed by atoms with Crippen molar-refractivity contribution in [2.45, 2.75) is 93.9 Å². The normalized spacial score (nSPS) is 24.9. The lowest BCUT2D eigenvalue weighted by molar-refractivity contribution is -0.214. The zero-order chi connectivity index (χ0) is 38.5. The molecular formula is C36H44N7O10P. The van der Waals surface area contributed by atoms with Crippen LogP contribution in [0.5, 0.6) is 5.88 Å². The van der Waals surface area contributed by atoms with Gasteiger partial charge in [-0.15, -0.1) is 5.06 Å². The molecule has 0 saturated carbocycles. The van der Waals surface area contributed by atoms with E-state index in [4.69, 9.17) is 30.5 Å². The van der Waals surface area contributed by atoms with E-state index in [-0.39, 0.29) is 35.1 Å². The average molecular weight is 766 g/mol. The summed E-state index contributed by atoms with van der Waals surface area (Å²) in [6.45, 7) is 3.35. The molecule has 7 atom stereocenters. The van der Waals surface area contributed by atoms with Gasteiger partial charge in [0.1, 0.15) is 29.1 Å². The molecule has 1 saturated heterocycles. The van der Waals surface area contributed by atoms with E-state index in [0.717, 1.165) is 22.3 Å². The number of ether oxygens (including phenoxy) is 2. The number of methoxy groups -OCH3 is 1. The highest BCUT2D eigenvalue weighted by Crippen LogP contribution is 2.58. The minimum atomic E-state index is -4.42. The number of nitrogen functional groups attached to an aromatic ring is 1. The Labute approximate surface area is 310 Å². The van der Waals surface area contributed by atoms with E-state index < -0.39 is 61.3 Å². The Kier molecular flexibility index (Phi) is 10.3. The first kappa shape index (κ1) is 37.8.